The van der Waals surface area contributed by atoms with Gasteiger partial charge in [0.05, 0.1) is 7.11 Å². The number of ether oxygens (including phenoxy) is 1. The number of rotatable bonds is 6. The number of hydrogen-bond donors (Lipinski definition) is 3. The molecule has 9 heteroatoms. The highest BCUT2D eigenvalue weighted by molar-refractivity contribution is 6.03. The molecule has 0 spiro atoms. The summed E-state index contributed by atoms with van der Waals surface area (Å²) in [5, 5.41) is 9.24. The topological polar surface area (TPSA) is 108 Å². The van der Waals surface area contributed by atoms with E-state index in [-0.39, 0.29) is 11.8 Å². The molecule has 3 heterocycles. The zero-order valence-electron chi connectivity index (χ0n) is 18.7. The van der Waals surface area contributed by atoms with Gasteiger partial charge in [-0.15, -0.1) is 0 Å². The second-order valence-corrected chi connectivity index (χ2v) is 8.16. The lowest BCUT2D eigenvalue weighted by Gasteiger charge is -2.31. The summed E-state index contributed by atoms with van der Waals surface area (Å²) in [4.78, 5) is 36.0. The minimum Gasteiger partial charge on any atom is -0.497 e. The molecule has 1 saturated heterocycles. The van der Waals surface area contributed by atoms with Crippen LogP contribution in [0.2, 0.25) is 0 Å². The number of allylic oxidation sites excluding steroid dienone is 1. The first-order valence-corrected chi connectivity index (χ1v) is 10.9. The molecule has 172 valence electrons. The molecular formula is C25H24N6O3. The molecule has 2 aliphatic heterocycles. The fraction of sp³-hybridized carbons (Fsp3) is 0.200. The number of carbonyl (C=O) groups is 2. The molecule has 0 saturated carbocycles. The Bertz CT molecular complexity index is 1270. The first-order valence-electron chi connectivity index (χ1n) is 10.9. The molecule has 0 aliphatic carbocycles. The summed E-state index contributed by atoms with van der Waals surface area (Å²) in [6, 6.07) is 14.2. The van der Waals surface area contributed by atoms with Crippen LogP contribution in [0.4, 0.5) is 23.1 Å². The van der Waals surface area contributed by atoms with Crippen LogP contribution in [0.1, 0.15) is 28.8 Å². The Morgan fingerprint density at radius 1 is 1.12 bits per heavy atom. The number of aromatic nitrogens is 2. The summed E-state index contributed by atoms with van der Waals surface area (Å²) in [7, 11) is 1.62. The monoisotopic (exact) mass is 456 g/mol. The normalized spacial score (nSPS) is 17.3. The zero-order chi connectivity index (χ0) is 23.7. The van der Waals surface area contributed by atoms with E-state index in [1.165, 1.54) is 0 Å². The summed E-state index contributed by atoms with van der Waals surface area (Å²) in [5.74, 6) is 1.45. The highest BCUT2D eigenvalue weighted by Crippen LogP contribution is 2.34. The Balaban J connectivity index is 1.34. The van der Waals surface area contributed by atoms with Crippen LogP contribution in [0, 0.1) is 0 Å². The Hall–Kier alpha value is -4.40. The Morgan fingerprint density at radius 2 is 1.94 bits per heavy atom. The number of nitrogens with zero attached hydrogens (tertiary/aromatic N) is 3. The minimum atomic E-state index is -0.502. The van der Waals surface area contributed by atoms with Crippen LogP contribution in [-0.4, -0.2) is 39.8 Å². The third kappa shape index (κ3) is 4.15. The van der Waals surface area contributed by atoms with Gasteiger partial charge in [-0.05, 0) is 55.3 Å². The molecule has 1 atom stereocenters. The number of nitrogens with one attached hydrogen (secondary N) is 3. The molecule has 0 bridgehead atoms. The zero-order valence-corrected chi connectivity index (χ0v) is 18.7. The van der Waals surface area contributed by atoms with E-state index in [0.717, 1.165) is 22.7 Å². The lowest BCUT2D eigenvalue weighted by Crippen LogP contribution is -2.49. The summed E-state index contributed by atoms with van der Waals surface area (Å²) < 4.78 is 5.18. The molecule has 34 heavy (non-hydrogen) atoms. The molecule has 2 amide bonds. The SMILES string of the molecule is C=C1CCC(N2Cc3c(Nc4ccnc(Nc5ccc(OC)cc5)n4)cccc3C2=O)C(=O)N1. The largest absolute Gasteiger partial charge is 0.497 e. The molecule has 1 fully saturated rings. The molecule has 9 nitrogen and oxygen atoms in total. The fourth-order valence-corrected chi connectivity index (χ4v) is 4.21. The number of anilines is 4. The number of hydrogen-bond acceptors (Lipinski definition) is 7. The summed E-state index contributed by atoms with van der Waals surface area (Å²) in [6.07, 6.45) is 2.88. The first-order chi connectivity index (χ1) is 16.5. The Morgan fingerprint density at radius 3 is 2.71 bits per heavy atom. The van der Waals surface area contributed by atoms with Crippen molar-refractivity contribution in [3.63, 3.8) is 0 Å². The van der Waals surface area contributed by atoms with Crippen LogP contribution in [0.25, 0.3) is 0 Å². The van der Waals surface area contributed by atoms with Crippen molar-refractivity contribution < 1.29 is 14.3 Å². The molecule has 1 aromatic heterocycles. The van der Waals surface area contributed by atoms with Gasteiger partial charge < -0.3 is 25.6 Å². The number of fused-ring (bicyclic) bond motifs is 1. The van der Waals surface area contributed by atoms with Crippen LogP contribution >= 0.6 is 0 Å². The van der Waals surface area contributed by atoms with E-state index in [4.69, 9.17) is 4.74 Å². The van der Waals surface area contributed by atoms with Gasteiger partial charge in [-0.3, -0.25) is 9.59 Å². The summed E-state index contributed by atoms with van der Waals surface area (Å²) in [6.45, 7) is 4.17. The van der Waals surface area contributed by atoms with Crippen molar-refractivity contribution in [2.24, 2.45) is 0 Å². The van der Waals surface area contributed by atoms with E-state index in [0.29, 0.717) is 42.4 Å². The van der Waals surface area contributed by atoms with Crippen LogP contribution in [0.3, 0.4) is 0 Å². The quantitative estimate of drug-likeness (QED) is 0.519. The van der Waals surface area contributed by atoms with Gasteiger partial charge >= 0.3 is 0 Å². The average Bonchev–Trinajstić information content (AvgIpc) is 3.17. The Kier molecular flexibility index (Phi) is 5.59. The van der Waals surface area contributed by atoms with Crippen molar-refractivity contribution in [1.82, 2.24) is 20.2 Å². The second kappa shape index (κ2) is 8.86. The molecule has 3 aromatic rings. The van der Waals surface area contributed by atoms with Gasteiger partial charge in [-0.25, -0.2) is 4.98 Å². The predicted molar refractivity (Wildman–Crippen MR) is 128 cm³/mol. The highest BCUT2D eigenvalue weighted by Gasteiger charge is 2.38. The third-order valence-electron chi connectivity index (χ3n) is 5.96. The van der Waals surface area contributed by atoms with Crippen molar-refractivity contribution in [3.05, 3.63) is 78.1 Å². The first kappa shape index (κ1) is 21.4. The number of methoxy groups -OCH3 is 1. The van der Waals surface area contributed by atoms with E-state index in [1.807, 2.05) is 36.4 Å². The van der Waals surface area contributed by atoms with Gasteiger partial charge in [0, 0.05) is 40.9 Å². The third-order valence-corrected chi connectivity index (χ3v) is 5.96. The van der Waals surface area contributed by atoms with Gasteiger partial charge in [0.2, 0.25) is 11.9 Å². The molecule has 2 aliphatic rings. The van der Waals surface area contributed by atoms with Crippen molar-refractivity contribution in [2.45, 2.75) is 25.4 Å². The van der Waals surface area contributed by atoms with E-state index in [1.54, 1.807) is 30.3 Å². The van der Waals surface area contributed by atoms with E-state index in [9.17, 15) is 9.59 Å². The van der Waals surface area contributed by atoms with Crippen molar-refractivity contribution in [3.8, 4) is 5.75 Å². The van der Waals surface area contributed by atoms with Crippen molar-refractivity contribution in [1.29, 1.82) is 0 Å². The van der Waals surface area contributed by atoms with Crippen LogP contribution in [0.5, 0.6) is 5.75 Å². The minimum absolute atomic E-state index is 0.143. The molecule has 1 unspecified atom stereocenters. The van der Waals surface area contributed by atoms with Crippen LogP contribution in [-0.2, 0) is 11.3 Å². The van der Waals surface area contributed by atoms with Crippen molar-refractivity contribution in [2.75, 3.05) is 17.7 Å². The standard InChI is InChI=1S/C25H24N6O3/c1-15-6-11-21(23(32)27-15)31-14-19-18(24(31)33)4-3-5-20(19)29-22-12-13-26-25(30-22)28-16-7-9-17(34-2)10-8-16/h3-5,7-10,12-13,21H,1,6,11,14H2,2H3,(H,27,32)(H2,26,28,29,30). The summed E-state index contributed by atoms with van der Waals surface area (Å²) >= 11 is 0. The Labute approximate surface area is 196 Å². The van der Waals surface area contributed by atoms with Gasteiger partial charge in [0.15, 0.2) is 0 Å². The highest BCUT2D eigenvalue weighted by atomic mass is 16.5. The van der Waals surface area contributed by atoms with Crippen LogP contribution in [0.15, 0.2) is 67.0 Å². The van der Waals surface area contributed by atoms with Crippen LogP contribution < -0.4 is 20.7 Å². The molecule has 0 radical (unpaired) electrons. The fourth-order valence-electron chi connectivity index (χ4n) is 4.21. The van der Waals surface area contributed by atoms with Gasteiger partial charge in [-0.1, -0.05) is 12.6 Å². The van der Waals surface area contributed by atoms with Gasteiger partial charge in [0.1, 0.15) is 17.6 Å². The maximum atomic E-state index is 13.1. The maximum Gasteiger partial charge on any atom is 0.255 e. The van der Waals surface area contributed by atoms with E-state index < -0.39 is 6.04 Å². The second-order valence-electron chi connectivity index (χ2n) is 8.16. The van der Waals surface area contributed by atoms with E-state index in [2.05, 4.69) is 32.5 Å². The number of piperidine rings is 1. The smallest absolute Gasteiger partial charge is 0.255 e. The maximum absolute atomic E-state index is 13.1. The van der Waals surface area contributed by atoms with Crippen molar-refractivity contribution >= 4 is 35.0 Å². The average molecular weight is 457 g/mol. The van der Waals surface area contributed by atoms with Gasteiger partial charge in [-0.2, -0.15) is 4.98 Å². The predicted octanol–water partition coefficient (Wildman–Crippen LogP) is 3.72. The van der Waals surface area contributed by atoms with Gasteiger partial charge in [0.25, 0.3) is 5.91 Å². The lowest BCUT2D eigenvalue weighted by molar-refractivity contribution is -0.126. The molecule has 5 rings (SSSR count). The number of amides is 2. The lowest BCUT2D eigenvalue weighted by atomic mass is 10.0. The molecule has 3 N–H and O–H groups in total. The molecular weight excluding hydrogens is 432 g/mol. The number of benzene rings is 2. The van der Waals surface area contributed by atoms with E-state index >= 15 is 0 Å². The summed E-state index contributed by atoms with van der Waals surface area (Å²) in [5.41, 5.74) is 3.72. The number of carbonyl (C=O) groups excluding carboxylic acids is 2. The molecule has 2 aromatic carbocycles.